The monoisotopic (exact) mass is 436 g/mol. The summed E-state index contributed by atoms with van der Waals surface area (Å²) >= 11 is 6.02. The largest absolute Gasteiger partial charge is 0.326 e. The molecule has 0 saturated heterocycles. The third kappa shape index (κ3) is 4.21. The Labute approximate surface area is 186 Å². The van der Waals surface area contributed by atoms with E-state index in [4.69, 9.17) is 11.6 Å². The van der Waals surface area contributed by atoms with Crippen LogP contribution in [-0.2, 0) is 16.0 Å². The van der Waals surface area contributed by atoms with Crippen LogP contribution in [0.25, 0.3) is 11.1 Å². The second kappa shape index (κ2) is 8.55. The summed E-state index contributed by atoms with van der Waals surface area (Å²) < 4.78 is 1.65. The molecular formula is C24H25ClN4O2. The molecule has 7 heteroatoms. The first-order valence-corrected chi connectivity index (χ1v) is 10.8. The number of fused-ring (bicyclic) bond motifs is 1. The molecule has 0 saturated carbocycles. The van der Waals surface area contributed by atoms with Crippen LogP contribution in [0.4, 0.5) is 11.5 Å². The highest BCUT2D eigenvalue weighted by atomic mass is 35.5. The van der Waals surface area contributed by atoms with Gasteiger partial charge in [0.1, 0.15) is 11.9 Å². The number of nitrogens with one attached hydrogen (secondary N) is 2. The van der Waals surface area contributed by atoms with Crippen molar-refractivity contribution in [2.24, 2.45) is 0 Å². The van der Waals surface area contributed by atoms with Gasteiger partial charge in [0, 0.05) is 16.3 Å². The zero-order chi connectivity index (χ0) is 22.1. The minimum atomic E-state index is -0.684. The van der Waals surface area contributed by atoms with Crippen molar-refractivity contribution in [1.82, 2.24) is 9.78 Å². The molecular weight excluding hydrogens is 412 g/mol. The van der Waals surface area contributed by atoms with Gasteiger partial charge in [0.15, 0.2) is 0 Å². The van der Waals surface area contributed by atoms with Crippen molar-refractivity contribution in [3.8, 4) is 11.1 Å². The molecule has 160 valence electrons. The van der Waals surface area contributed by atoms with Crippen LogP contribution in [-0.4, -0.2) is 21.6 Å². The number of halogens is 1. The summed E-state index contributed by atoms with van der Waals surface area (Å²) in [4.78, 5) is 25.3. The fourth-order valence-corrected chi connectivity index (χ4v) is 3.95. The number of carbonyl (C=O) groups is 2. The lowest BCUT2D eigenvalue weighted by molar-refractivity contribution is -0.123. The minimum absolute atomic E-state index is 0.00958. The van der Waals surface area contributed by atoms with E-state index in [1.54, 1.807) is 4.68 Å². The fraction of sp³-hybridized carbons (Fsp3) is 0.292. The number of rotatable bonds is 6. The van der Waals surface area contributed by atoms with E-state index in [-0.39, 0.29) is 18.2 Å². The van der Waals surface area contributed by atoms with Gasteiger partial charge in [-0.15, -0.1) is 0 Å². The number of amides is 2. The van der Waals surface area contributed by atoms with E-state index in [0.29, 0.717) is 28.9 Å². The summed E-state index contributed by atoms with van der Waals surface area (Å²) in [5.41, 5.74) is 4.59. The Hall–Kier alpha value is -3.12. The molecule has 2 amide bonds. The SMILES string of the molecule is CCc1nn2c(c1-c1ccc(Cl)cc1)NC(=O)C2CC(=O)Nc1ccc(C(C)C)cc1. The maximum Gasteiger partial charge on any atom is 0.251 e. The zero-order valence-electron chi connectivity index (χ0n) is 17.8. The smallest absolute Gasteiger partial charge is 0.251 e. The summed E-state index contributed by atoms with van der Waals surface area (Å²) in [7, 11) is 0. The molecule has 1 aliphatic rings. The third-order valence-electron chi connectivity index (χ3n) is 5.53. The molecule has 1 aromatic heterocycles. The maximum atomic E-state index is 12.7. The average Bonchev–Trinajstić information content (AvgIpc) is 3.24. The Morgan fingerprint density at radius 2 is 1.84 bits per heavy atom. The van der Waals surface area contributed by atoms with Crippen molar-refractivity contribution in [3.63, 3.8) is 0 Å². The zero-order valence-corrected chi connectivity index (χ0v) is 18.5. The van der Waals surface area contributed by atoms with Gasteiger partial charge in [-0.2, -0.15) is 5.10 Å². The molecule has 31 heavy (non-hydrogen) atoms. The lowest BCUT2D eigenvalue weighted by atomic mass is 10.0. The van der Waals surface area contributed by atoms with Crippen LogP contribution in [0, 0.1) is 0 Å². The van der Waals surface area contributed by atoms with Gasteiger partial charge in [0.05, 0.1) is 12.1 Å². The van der Waals surface area contributed by atoms with Crippen molar-refractivity contribution in [3.05, 3.63) is 64.8 Å². The molecule has 0 aliphatic carbocycles. The van der Waals surface area contributed by atoms with E-state index in [0.717, 1.165) is 16.8 Å². The molecule has 2 aromatic carbocycles. The number of carbonyl (C=O) groups excluding carboxylic acids is 2. The van der Waals surface area contributed by atoms with Crippen LogP contribution in [0.1, 0.15) is 50.4 Å². The van der Waals surface area contributed by atoms with Crippen molar-refractivity contribution in [2.75, 3.05) is 10.6 Å². The number of hydrogen-bond donors (Lipinski definition) is 2. The van der Waals surface area contributed by atoms with Gasteiger partial charge >= 0.3 is 0 Å². The van der Waals surface area contributed by atoms with Gasteiger partial charge in [-0.25, -0.2) is 4.68 Å². The fourth-order valence-electron chi connectivity index (χ4n) is 3.82. The van der Waals surface area contributed by atoms with Crippen LogP contribution in [0.2, 0.25) is 5.02 Å². The lowest BCUT2D eigenvalue weighted by Crippen LogP contribution is -2.24. The molecule has 0 fully saturated rings. The first-order valence-electron chi connectivity index (χ1n) is 10.4. The van der Waals surface area contributed by atoms with Gasteiger partial charge in [-0.3, -0.25) is 9.59 Å². The number of benzene rings is 2. The maximum absolute atomic E-state index is 12.7. The van der Waals surface area contributed by atoms with E-state index in [2.05, 4.69) is 29.6 Å². The second-order valence-corrected chi connectivity index (χ2v) is 8.45. The Morgan fingerprint density at radius 3 is 2.45 bits per heavy atom. The number of nitrogens with zero attached hydrogens (tertiary/aromatic N) is 2. The minimum Gasteiger partial charge on any atom is -0.326 e. The summed E-state index contributed by atoms with van der Waals surface area (Å²) in [6, 6.07) is 14.5. The van der Waals surface area contributed by atoms with Crippen LogP contribution in [0.3, 0.4) is 0 Å². The van der Waals surface area contributed by atoms with E-state index >= 15 is 0 Å². The quantitative estimate of drug-likeness (QED) is 0.542. The number of aromatic nitrogens is 2. The number of hydrogen-bond acceptors (Lipinski definition) is 3. The third-order valence-corrected chi connectivity index (χ3v) is 5.78. The molecule has 0 radical (unpaired) electrons. The highest BCUT2D eigenvalue weighted by Crippen LogP contribution is 2.39. The van der Waals surface area contributed by atoms with Crippen molar-refractivity contribution >= 4 is 34.9 Å². The molecule has 0 spiro atoms. The van der Waals surface area contributed by atoms with Crippen molar-refractivity contribution in [1.29, 1.82) is 0 Å². The predicted octanol–water partition coefficient (Wildman–Crippen LogP) is 5.41. The molecule has 4 rings (SSSR count). The Morgan fingerprint density at radius 1 is 1.16 bits per heavy atom. The normalized spacial score (nSPS) is 15.1. The Balaban J connectivity index is 1.55. The van der Waals surface area contributed by atoms with Crippen LogP contribution in [0.5, 0.6) is 0 Å². The molecule has 1 atom stereocenters. The van der Waals surface area contributed by atoms with E-state index in [1.165, 1.54) is 5.56 Å². The molecule has 3 aromatic rings. The molecule has 0 bridgehead atoms. The van der Waals surface area contributed by atoms with E-state index < -0.39 is 6.04 Å². The number of anilines is 2. The standard InChI is InChI=1S/C24H25ClN4O2/c1-4-19-22(16-5-9-17(25)10-6-16)23-27-24(31)20(29(23)28-19)13-21(30)26-18-11-7-15(8-12-18)14(2)3/h5-12,14,20H,4,13H2,1-3H3,(H,26,30)(H,27,31). The van der Waals surface area contributed by atoms with E-state index in [1.807, 2.05) is 55.5 Å². The number of aryl methyl sites for hydroxylation is 1. The van der Waals surface area contributed by atoms with Crippen molar-refractivity contribution < 1.29 is 9.59 Å². The van der Waals surface area contributed by atoms with Gasteiger partial charge in [-0.1, -0.05) is 56.6 Å². The van der Waals surface area contributed by atoms with Gasteiger partial charge in [-0.05, 0) is 47.7 Å². The van der Waals surface area contributed by atoms with Crippen LogP contribution in [0.15, 0.2) is 48.5 Å². The van der Waals surface area contributed by atoms with Gasteiger partial charge < -0.3 is 10.6 Å². The summed E-state index contributed by atoms with van der Waals surface area (Å²) in [6.07, 6.45) is 0.713. The van der Waals surface area contributed by atoms with Crippen LogP contribution < -0.4 is 10.6 Å². The molecule has 6 nitrogen and oxygen atoms in total. The van der Waals surface area contributed by atoms with Crippen molar-refractivity contribution in [2.45, 2.75) is 45.6 Å². The highest BCUT2D eigenvalue weighted by molar-refractivity contribution is 6.30. The molecule has 2 N–H and O–H groups in total. The first kappa shape index (κ1) is 21.1. The second-order valence-electron chi connectivity index (χ2n) is 8.01. The summed E-state index contributed by atoms with van der Waals surface area (Å²) in [5.74, 6) is 0.591. The van der Waals surface area contributed by atoms with Gasteiger partial charge in [0.25, 0.3) is 5.91 Å². The van der Waals surface area contributed by atoms with Crippen LogP contribution >= 0.6 is 11.6 Å². The lowest BCUT2D eigenvalue weighted by Gasteiger charge is -2.11. The summed E-state index contributed by atoms with van der Waals surface area (Å²) in [5, 5.41) is 11.1. The van der Waals surface area contributed by atoms with E-state index in [9.17, 15) is 9.59 Å². The van der Waals surface area contributed by atoms with Gasteiger partial charge in [0.2, 0.25) is 5.91 Å². The molecule has 1 unspecified atom stereocenters. The Bertz CT molecular complexity index is 1120. The highest BCUT2D eigenvalue weighted by Gasteiger charge is 2.36. The predicted molar refractivity (Wildman–Crippen MR) is 123 cm³/mol. The topological polar surface area (TPSA) is 76.0 Å². The molecule has 1 aliphatic heterocycles. The average molecular weight is 437 g/mol. The Kier molecular flexibility index (Phi) is 5.83. The summed E-state index contributed by atoms with van der Waals surface area (Å²) in [6.45, 7) is 6.26. The first-order chi connectivity index (χ1) is 14.9. The molecule has 2 heterocycles.